The van der Waals surface area contributed by atoms with Crippen molar-refractivity contribution in [2.45, 2.75) is 117 Å². The highest BCUT2D eigenvalue weighted by atomic mass is 16.5. The molecule has 20 heteroatoms. The van der Waals surface area contributed by atoms with E-state index in [1.807, 2.05) is 43.3 Å². The molecular formula is C46H67N7O13. The van der Waals surface area contributed by atoms with E-state index in [0.29, 0.717) is 6.42 Å². The van der Waals surface area contributed by atoms with E-state index < -0.39 is 127 Å². The predicted octanol–water partition coefficient (Wildman–Crippen LogP) is 0.557. The maximum atomic E-state index is 13.8. The summed E-state index contributed by atoms with van der Waals surface area (Å²) >= 11 is 0. The molecule has 1 saturated heterocycles. The number of carbonyl (C=O) groups excluding carboxylic acids is 7. The first-order valence-corrected chi connectivity index (χ1v) is 21.7. The number of amides is 7. The number of carboxylic acid groups (broad SMARTS) is 2. The molecule has 0 spiro atoms. The minimum absolute atomic E-state index is 0.0449. The smallest absolute Gasteiger partial charge is 0.327 e. The van der Waals surface area contributed by atoms with Crippen molar-refractivity contribution in [1.29, 1.82) is 0 Å². The number of hydrogen-bond acceptors (Lipinski definition) is 11. The Morgan fingerprint density at radius 2 is 1.42 bits per heavy atom. The van der Waals surface area contributed by atoms with E-state index in [4.69, 9.17) is 4.74 Å². The number of aliphatic hydroxyl groups is 1. The van der Waals surface area contributed by atoms with Crippen molar-refractivity contribution in [2.24, 2.45) is 23.7 Å². The van der Waals surface area contributed by atoms with Crippen LogP contribution in [0.15, 0.2) is 66.4 Å². The fourth-order valence-electron chi connectivity index (χ4n) is 6.88. The minimum atomic E-state index is -1.87. The fraction of sp³-hybridized carbons (Fsp3) is 0.543. The van der Waals surface area contributed by atoms with Crippen LogP contribution in [-0.4, -0.2) is 137 Å². The van der Waals surface area contributed by atoms with Gasteiger partial charge in [0.2, 0.25) is 35.4 Å². The van der Waals surface area contributed by atoms with Crippen molar-refractivity contribution >= 4 is 53.3 Å². The van der Waals surface area contributed by atoms with Gasteiger partial charge in [-0.25, -0.2) is 9.59 Å². The third-order valence-electron chi connectivity index (χ3n) is 11.2. The number of allylic oxidation sites excluding steroid dienone is 2. The molecule has 1 aliphatic heterocycles. The maximum absolute atomic E-state index is 13.8. The van der Waals surface area contributed by atoms with E-state index in [1.54, 1.807) is 34.0 Å². The van der Waals surface area contributed by atoms with Gasteiger partial charge in [0.05, 0.1) is 30.6 Å². The Morgan fingerprint density at radius 3 is 1.98 bits per heavy atom. The molecule has 1 fully saturated rings. The molecule has 0 radical (unpaired) electrons. The SMILES string of the molecule is C=C1C(=O)N[C@H](CO)C(=O)N[C@@H](CC(C)C)C(=O)N[C@@H](C(=O)O)[C@H](C)C(=O)N[C@@H](C)C(=O)N[C@@H](/C=C/C(C)=C/[C@H](C)[C@H](Cc2ccccc2)OC)[C@H](C)C(=O)N[C@@H](C(=O)O)CCC(=O)N1C. The topological polar surface area (TPSA) is 299 Å². The molecule has 1 heterocycles. The minimum Gasteiger partial charge on any atom is -0.480 e. The summed E-state index contributed by atoms with van der Waals surface area (Å²) < 4.78 is 5.78. The summed E-state index contributed by atoms with van der Waals surface area (Å²) in [6.45, 7) is 13.7. The third-order valence-corrected chi connectivity index (χ3v) is 11.2. The van der Waals surface area contributed by atoms with Gasteiger partial charge >= 0.3 is 11.9 Å². The summed E-state index contributed by atoms with van der Waals surface area (Å²) in [6.07, 6.45) is 4.56. The molecule has 66 heavy (non-hydrogen) atoms. The molecule has 0 aromatic heterocycles. The molecule has 1 aliphatic rings. The van der Waals surface area contributed by atoms with Gasteiger partial charge in [0.1, 0.15) is 35.9 Å². The zero-order valence-corrected chi connectivity index (χ0v) is 39.1. The molecule has 364 valence electrons. The average molecular weight is 926 g/mol. The summed E-state index contributed by atoms with van der Waals surface area (Å²) in [4.78, 5) is 120. The summed E-state index contributed by atoms with van der Waals surface area (Å²) in [6, 6.07) is 0.694. The molecule has 1 aromatic rings. The lowest BCUT2D eigenvalue weighted by atomic mass is 9.94. The second-order valence-corrected chi connectivity index (χ2v) is 17.0. The number of aliphatic hydroxyl groups excluding tert-OH is 1. The van der Waals surface area contributed by atoms with Gasteiger partial charge in [-0.2, -0.15) is 0 Å². The number of nitrogens with zero attached hydrogens (tertiary/aromatic N) is 1. The van der Waals surface area contributed by atoms with E-state index in [9.17, 15) is 58.5 Å². The highest BCUT2D eigenvalue weighted by Gasteiger charge is 2.37. The number of carboxylic acids is 2. The molecule has 7 amide bonds. The van der Waals surface area contributed by atoms with Crippen LogP contribution in [0.25, 0.3) is 0 Å². The summed E-state index contributed by atoms with van der Waals surface area (Å²) in [5, 5.41) is 44.6. The summed E-state index contributed by atoms with van der Waals surface area (Å²) in [5.74, 6) is -12.7. The van der Waals surface area contributed by atoms with Gasteiger partial charge in [0.15, 0.2) is 0 Å². The fourth-order valence-corrected chi connectivity index (χ4v) is 6.88. The maximum Gasteiger partial charge on any atom is 0.327 e. The van der Waals surface area contributed by atoms with Crippen molar-refractivity contribution in [3.63, 3.8) is 0 Å². The van der Waals surface area contributed by atoms with Gasteiger partial charge in [-0.15, -0.1) is 0 Å². The Hall–Kier alpha value is -6.41. The van der Waals surface area contributed by atoms with Crippen LogP contribution in [0.4, 0.5) is 0 Å². The van der Waals surface area contributed by atoms with Crippen LogP contribution < -0.4 is 31.9 Å². The lowest BCUT2D eigenvalue weighted by Crippen LogP contribution is -2.59. The predicted molar refractivity (Wildman–Crippen MR) is 242 cm³/mol. The number of nitrogens with one attached hydrogen (secondary N) is 6. The van der Waals surface area contributed by atoms with Crippen LogP contribution in [0.1, 0.15) is 73.3 Å². The second-order valence-electron chi connectivity index (χ2n) is 17.0. The Kier molecular flexibility index (Phi) is 22.4. The monoisotopic (exact) mass is 925 g/mol. The highest BCUT2D eigenvalue weighted by Crippen LogP contribution is 2.18. The van der Waals surface area contributed by atoms with Crippen LogP contribution in [0, 0.1) is 23.7 Å². The number of benzene rings is 1. The van der Waals surface area contributed by atoms with Gasteiger partial charge in [-0.3, -0.25) is 33.6 Å². The van der Waals surface area contributed by atoms with Crippen molar-refractivity contribution < 1.29 is 63.2 Å². The van der Waals surface area contributed by atoms with E-state index in [0.717, 1.165) is 16.0 Å². The van der Waals surface area contributed by atoms with Gasteiger partial charge in [-0.1, -0.05) is 95.3 Å². The zero-order valence-electron chi connectivity index (χ0n) is 39.1. The van der Waals surface area contributed by atoms with Crippen LogP contribution in [0.3, 0.4) is 0 Å². The molecule has 0 bridgehead atoms. The third kappa shape index (κ3) is 17.2. The summed E-state index contributed by atoms with van der Waals surface area (Å²) in [5.41, 5.74) is 1.30. The molecule has 2 rings (SSSR count). The Bertz CT molecular complexity index is 1990. The normalized spacial score (nSPS) is 26.5. The molecular weight excluding hydrogens is 859 g/mol. The Balaban J connectivity index is 2.59. The standard InChI is InChI=1S/C46H67N7O13/c1-24(2)20-34-43(60)52-38(46(64)65)28(6)40(57)47-29(7)41(58)48-32(17-16-25(3)21-26(4)36(66-10)22-31-14-12-11-13-15-31)27(5)39(56)49-33(45(62)63)18-19-37(55)53(9)30(8)42(59)51-35(23-54)44(61)50-34/h11-17,21,24,26-29,32-36,38,54H,8,18-20,22-23H2,1-7,9-10H3,(H,47,57)(H,48,58)(H,49,56)(H,50,61)(H,51,59)(H,52,60)(H,62,63)(H,64,65)/b17-16+,25-21+/t26-,27-,28-,29-,32-,33+,34-,35+,36-,38+/m0/s1. The molecule has 0 unspecified atom stereocenters. The van der Waals surface area contributed by atoms with Gasteiger partial charge < -0.3 is 56.9 Å². The number of rotatable bonds is 12. The van der Waals surface area contributed by atoms with Crippen LogP contribution >= 0.6 is 0 Å². The largest absolute Gasteiger partial charge is 0.480 e. The first kappa shape index (κ1) is 55.7. The van der Waals surface area contributed by atoms with Crippen LogP contribution in [0.2, 0.25) is 0 Å². The number of hydrogen-bond donors (Lipinski definition) is 9. The number of likely N-dealkylation sites (N-methyl/N-ethyl adjacent to an activating group) is 1. The van der Waals surface area contributed by atoms with Gasteiger partial charge in [0.25, 0.3) is 5.91 Å². The summed E-state index contributed by atoms with van der Waals surface area (Å²) in [7, 11) is 2.78. The molecule has 1 aromatic carbocycles. The van der Waals surface area contributed by atoms with Crippen molar-refractivity contribution in [3.8, 4) is 0 Å². The molecule has 20 nitrogen and oxygen atoms in total. The zero-order chi connectivity index (χ0) is 50.0. The second kappa shape index (κ2) is 26.5. The average Bonchev–Trinajstić information content (AvgIpc) is 3.26. The number of carbonyl (C=O) groups is 9. The number of methoxy groups -OCH3 is 1. The Labute approximate surface area is 385 Å². The molecule has 0 saturated carbocycles. The molecule has 0 aliphatic carbocycles. The molecule has 9 N–H and O–H groups in total. The van der Waals surface area contributed by atoms with Crippen LogP contribution in [0.5, 0.6) is 0 Å². The molecule has 10 atom stereocenters. The first-order valence-electron chi connectivity index (χ1n) is 21.7. The lowest BCUT2D eigenvalue weighted by Gasteiger charge is -2.28. The van der Waals surface area contributed by atoms with E-state index in [2.05, 4.69) is 38.5 Å². The van der Waals surface area contributed by atoms with Crippen molar-refractivity contribution in [3.05, 3.63) is 72.0 Å². The van der Waals surface area contributed by atoms with Gasteiger partial charge in [-0.05, 0) is 44.6 Å². The highest BCUT2D eigenvalue weighted by molar-refractivity contribution is 6.00. The first-order chi connectivity index (χ1) is 30.9. The number of ether oxygens (including phenoxy) is 1. The lowest BCUT2D eigenvalue weighted by molar-refractivity contribution is -0.146. The quantitative estimate of drug-likeness (QED) is 0.102. The number of aliphatic carboxylic acids is 2. The van der Waals surface area contributed by atoms with E-state index in [1.165, 1.54) is 33.9 Å². The van der Waals surface area contributed by atoms with Crippen molar-refractivity contribution in [2.75, 3.05) is 20.8 Å². The van der Waals surface area contributed by atoms with E-state index >= 15 is 0 Å². The van der Waals surface area contributed by atoms with Crippen molar-refractivity contribution in [1.82, 2.24) is 36.8 Å². The van der Waals surface area contributed by atoms with E-state index in [-0.39, 0.29) is 24.4 Å². The van der Waals surface area contributed by atoms with Crippen LogP contribution in [-0.2, 0) is 54.3 Å². The Morgan fingerprint density at radius 1 is 0.818 bits per heavy atom. The van der Waals surface area contributed by atoms with Gasteiger partial charge in [0, 0.05) is 26.5 Å².